The normalized spacial score (nSPS) is 20.2. The number of nitrogens with one attached hydrogen (secondary N) is 1. The minimum atomic E-state index is -4.29. The highest BCUT2D eigenvalue weighted by molar-refractivity contribution is 7.82. The number of β-amino-alcohol motifs (C(OH)–C–C–N with tert-alkyl or cyclic N) is 1. The van der Waals surface area contributed by atoms with E-state index < -0.39 is 28.3 Å². The van der Waals surface area contributed by atoms with Gasteiger partial charge in [-0.3, -0.25) is 0 Å². The molecule has 30 heavy (non-hydrogen) atoms. The van der Waals surface area contributed by atoms with E-state index in [-0.39, 0.29) is 22.8 Å². The topological polar surface area (TPSA) is 100 Å². The number of nitrogens with zero attached hydrogens (tertiary/aromatic N) is 2. The molecule has 0 spiro atoms. The fourth-order valence-corrected chi connectivity index (χ4v) is 4.34. The summed E-state index contributed by atoms with van der Waals surface area (Å²) in [5.41, 5.74) is -1.51. The first-order chi connectivity index (χ1) is 14.0. The minimum Gasteiger partial charge on any atom is -0.393 e. The lowest BCUT2D eigenvalue weighted by atomic mass is 10.1. The van der Waals surface area contributed by atoms with Crippen molar-refractivity contribution in [3.8, 4) is 6.07 Å². The number of halogens is 4. The molecule has 3 rings (SSSR count). The van der Waals surface area contributed by atoms with E-state index in [4.69, 9.17) is 22.0 Å². The molecule has 2 unspecified atom stereocenters. The molecule has 2 heterocycles. The van der Waals surface area contributed by atoms with E-state index in [2.05, 4.69) is 17.2 Å². The number of pyridine rings is 1. The molecule has 0 amide bonds. The Morgan fingerprint density at radius 2 is 2.07 bits per heavy atom. The number of nitriles is 1. The number of benzene rings is 1. The van der Waals surface area contributed by atoms with Gasteiger partial charge in [-0.1, -0.05) is 23.8 Å². The highest BCUT2D eigenvalue weighted by atomic mass is 35.5. The van der Waals surface area contributed by atoms with Crippen molar-refractivity contribution in [3.05, 3.63) is 57.3 Å². The fourth-order valence-electron chi connectivity index (χ4n) is 2.53. The summed E-state index contributed by atoms with van der Waals surface area (Å²) in [4.78, 5) is 2.71. The first kappa shape index (κ1) is 24.5. The third kappa shape index (κ3) is 6.34. The largest absolute Gasteiger partial charge is 0.417 e. The highest BCUT2D eigenvalue weighted by Crippen LogP contribution is 2.29. The molecule has 2 atom stereocenters. The summed E-state index contributed by atoms with van der Waals surface area (Å²) in [5.74, 6) is 0. The molecule has 1 aromatic carbocycles. The monoisotopic (exact) mass is 479 g/mol. The predicted molar refractivity (Wildman–Crippen MR) is 107 cm³/mol. The molecule has 0 aliphatic carbocycles. The molecule has 12 heteroatoms. The molecule has 0 bridgehead atoms. The van der Waals surface area contributed by atoms with Crippen LogP contribution in [0.1, 0.15) is 17.5 Å². The maximum atomic E-state index is 12.3. The number of aromatic nitrogens is 1. The lowest BCUT2D eigenvalue weighted by Crippen LogP contribution is -2.37. The second kappa shape index (κ2) is 10.00. The predicted octanol–water partition coefficient (Wildman–Crippen LogP) is 3.43. The van der Waals surface area contributed by atoms with Gasteiger partial charge in [-0.2, -0.15) is 18.4 Å². The van der Waals surface area contributed by atoms with Crippen LogP contribution in [0.5, 0.6) is 0 Å². The summed E-state index contributed by atoms with van der Waals surface area (Å²) in [5, 5.41) is 28.0. The van der Waals surface area contributed by atoms with E-state index in [0.717, 1.165) is 12.3 Å². The molecule has 0 radical (unpaired) electrons. The molecular weight excluding hydrogens is 463 g/mol. The van der Waals surface area contributed by atoms with Crippen LogP contribution in [-0.2, 0) is 17.2 Å². The summed E-state index contributed by atoms with van der Waals surface area (Å²) in [7, 11) is -1.51. The van der Waals surface area contributed by atoms with Gasteiger partial charge >= 0.3 is 6.18 Å². The molecule has 1 aliphatic rings. The first-order valence-electron chi connectivity index (χ1n) is 8.45. The molecule has 1 aliphatic heterocycles. The van der Waals surface area contributed by atoms with Crippen molar-refractivity contribution in [1.82, 2.24) is 9.29 Å². The van der Waals surface area contributed by atoms with Gasteiger partial charge in [-0.25, -0.2) is 8.51 Å². The number of alkyl halides is 3. The fraction of sp³-hybridized carbons (Fsp3) is 0.333. The van der Waals surface area contributed by atoms with Crippen molar-refractivity contribution in [2.45, 2.75) is 23.1 Å². The molecule has 162 valence electrons. The first-order valence-corrected chi connectivity index (χ1v) is 10.3. The standard InChI is InChI=1S/C12H13ClN2O3S.C6H4F3NS/c13-10-5-9(6-14)1-2-11(10)19(18)15-4-3-12(17,7-15)8-16;7-6(8,9)4-1-2-5(11)10-3-4/h1-2,5,16-17H,3-4,7-8H2;1-3H,(H,10,11). The third-order valence-electron chi connectivity index (χ3n) is 4.19. The molecule has 1 fully saturated rings. The highest BCUT2D eigenvalue weighted by Gasteiger charge is 2.38. The quantitative estimate of drug-likeness (QED) is 0.586. The molecule has 6 nitrogen and oxygen atoms in total. The molecule has 3 N–H and O–H groups in total. The maximum Gasteiger partial charge on any atom is 0.417 e. The van der Waals surface area contributed by atoms with Crippen LogP contribution in [0.4, 0.5) is 13.2 Å². The van der Waals surface area contributed by atoms with Crippen molar-refractivity contribution < 1.29 is 27.6 Å². The van der Waals surface area contributed by atoms with Gasteiger partial charge in [0.25, 0.3) is 0 Å². The summed E-state index contributed by atoms with van der Waals surface area (Å²) < 4.78 is 49.8. The maximum absolute atomic E-state index is 12.3. The Hall–Kier alpha value is -1.81. The van der Waals surface area contributed by atoms with E-state index in [1.165, 1.54) is 12.1 Å². The Kier molecular flexibility index (Phi) is 8.15. The second-order valence-corrected chi connectivity index (χ2v) is 8.74. The van der Waals surface area contributed by atoms with Gasteiger partial charge in [0.15, 0.2) is 0 Å². The lowest BCUT2D eigenvalue weighted by Gasteiger charge is -2.20. The van der Waals surface area contributed by atoms with Gasteiger partial charge in [-0.05, 0) is 36.8 Å². The van der Waals surface area contributed by atoms with Crippen LogP contribution in [0.15, 0.2) is 41.4 Å². The average molecular weight is 480 g/mol. The van der Waals surface area contributed by atoms with E-state index in [9.17, 15) is 22.5 Å². The van der Waals surface area contributed by atoms with Crippen LogP contribution in [0.25, 0.3) is 0 Å². The summed E-state index contributed by atoms with van der Waals surface area (Å²) in [6.07, 6.45) is -3.08. The van der Waals surface area contributed by atoms with Crippen molar-refractivity contribution in [1.29, 1.82) is 5.26 Å². The van der Waals surface area contributed by atoms with E-state index in [1.807, 2.05) is 6.07 Å². The lowest BCUT2D eigenvalue weighted by molar-refractivity contribution is -0.137. The Morgan fingerprint density at radius 1 is 1.37 bits per heavy atom. The molecule has 0 saturated carbocycles. The van der Waals surface area contributed by atoms with Gasteiger partial charge in [0.1, 0.15) is 21.2 Å². The van der Waals surface area contributed by atoms with Crippen molar-refractivity contribution in [2.24, 2.45) is 0 Å². The number of hydrogen-bond acceptors (Lipinski definition) is 5. The van der Waals surface area contributed by atoms with Crippen LogP contribution < -0.4 is 0 Å². The van der Waals surface area contributed by atoms with Crippen molar-refractivity contribution in [2.75, 3.05) is 19.7 Å². The number of H-pyrrole nitrogens is 1. The number of rotatable bonds is 3. The Labute approximate surface area is 183 Å². The summed E-state index contributed by atoms with van der Waals surface area (Å²) in [6, 6.07) is 8.66. The molecule has 2 aromatic rings. The van der Waals surface area contributed by atoms with Crippen molar-refractivity contribution >= 4 is 34.8 Å². The molecule has 1 aromatic heterocycles. The molecular formula is C18H17ClF3N3O3S2. The van der Waals surface area contributed by atoms with Crippen LogP contribution >= 0.6 is 23.8 Å². The van der Waals surface area contributed by atoms with Crippen LogP contribution in [0.2, 0.25) is 5.02 Å². The second-order valence-electron chi connectivity index (χ2n) is 6.44. The Bertz CT molecular complexity index is 1010. The number of aromatic amines is 1. The van der Waals surface area contributed by atoms with E-state index in [1.54, 1.807) is 16.4 Å². The smallest absolute Gasteiger partial charge is 0.393 e. The molecule has 1 saturated heterocycles. The van der Waals surface area contributed by atoms with Crippen LogP contribution in [-0.4, -0.2) is 49.0 Å². The summed E-state index contributed by atoms with van der Waals surface area (Å²) in [6.45, 7) is 0.189. The Morgan fingerprint density at radius 3 is 2.53 bits per heavy atom. The zero-order valence-electron chi connectivity index (χ0n) is 15.3. The number of hydrogen-bond donors (Lipinski definition) is 3. The average Bonchev–Trinajstić information content (AvgIpc) is 3.10. The Balaban J connectivity index is 0.000000248. The van der Waals surface area contributed by atoms with Gasteiger partial charge in [0.05, 0.1) is 33.7 Å². The van der Waals surface area contributed by atoms with E-state index >= 15 is 0 Å². The number of aliphatic hydroxyl groups excluding tert-OH is 1. The van der Waals surface area contributed by atoms with Gasteiger partial charge < -0.3 is 15.2 Å². The number of aliphatic hydroxyl groups is 2. The summed E-state index contributed by atoms with van der Waals surface area (Å²) >= 11 is 10.6. The zero-order valence-corrected chi connectivity index (χ0v) is 17.7. The zero-order chi connectivity index (χ0) is 22.5. The SMILES string of the molecule is FC(F)(F)c1ccc(=S)[nH]c1.N#Cc1ccc(S(=O)N2CCC(O)(CO)C2)c(Cl)c1. The minimum absolute atomic E-state index is 0.131. The van der Waals surface area contributed by atoms with E-state index in [0.29, 0.717) is 23.4 Å². The van der Waals surface area contributed by atoms with Gasteiger partial charge in [0.2, 0.25) is 0 Å². The van der Waals surface area contributed by atoms with Gasteiger partial charge in [0, 0.05) is 19.3 Å². The third-order valence-corrected chi connectivity index (χ3v) is 6.38. The van der Waals surface area contributed by atoms with Crippen molar-refractivity contribution in [3.63, 3.8) is 0 Å². The van der Waals surface area contributed by atoms with Crippen LogP contribution in [0.3, 0.4) is 0 Å². The van der Waals surface area contributed by atoms with Crippen LogP contribution in [0, 0.1) is 16.0 Å². The van der Waals surface area contributed by atoms with Gasteiger partial charge in [-0.15, -0.1) is 0 Å².